The molecule has 0 spiro atoms. The van der Waals surface area contributed by atoms with Crippen molar-refractivity contribution >= 4 is 11.9 Å². The van der Waals surface area contributed by atoms with Gasteiger partial charge in [-0.3, -0.25) is 4.79 Å². The Morgan fingerprint density at radius 1 is 1.42 bits per heavy atom. The molecule has 0 aliphatic rings. The number of hydrogen-bond acceptors (Lipinski definition) is 2. The van der Waals surface area contributed by atoms with Crippen molar-refractivity contribution in [2.75, 3.05) is 0 Å². The Kier molecular flexibility index (Phi) is 5.73. The van der Waals surface area contributed by atoms with Gasteiger partial charge in [0.1, 0.15) is 5.82 Å². The van der Waals surface area contributed by atoms with Crippen LogP contribution in [0.2, 0.25) is 0 Å². The average Bonchev–Trinajstić information content (AvgIpc) is 2.35. The first-order chi connectivity index (χ1) is 9.01. The van der Waals surface area contributed by atoms with E-state index in [1.54, 1.807) is 19.1 Å². The SMILES string of the molecule is CC/C(=C\C(=O)O)NC(=O)CCc1cccc(F)c1. The normalized spacial score (nSPS) is 11.2. The topological polar surface area (TPSA) is 66.4 Å². The minimum absolute atomic E-state index is 0.181. The smallest absolute Gasteiger partial charge is 0.330 e. The van der Waals surface area contributed by atoms with Crippen LogP contribution in [0.5, 0.6) is 0 Å². The van der Waals surface area contributed by atoms with Gasteiger partial charge in [-0.1, -0.05) is 19.1 Å². The molecule has 1 aromatic carbocycles. The van der Waals surface area contributed by atoms with Gasteiger partial charge in [0.15, 0.2) is 0 Å². The van der Waals surface area contributed by atoms with Crippen molar-refractivity contribution in [1.82, 2.24) is 5.32 Å². The van der Waals surface area contributed by atoms with Crippen molar-refractivity contribution in [3.8, 4) is 0 Å². The van der Waals surface area contributed by atoms with Crippen LogP contribution >= 0.6 is 0 Å². The number of rotatable bonds is 6. The number of aryl methyl sites for hydroxylation is 1. The lowest BCUT2D eigenvalue weighted by Crippen LogP contribution is -2.23. The minimum Gasteiger partial charge on any atom is -0.478 e. The van der Waals surface area contributed by atoms with Crippen molar-refractivity contribution in [1.29, 1.82) is 0 Å². The first-order valence-corrected chi connectivity index (χ1v) is 5.99. The van der Waals surface area contributed by atoms with Crippen LogP contribution < -0.4 is 5.32 Å². The second-order valence-corrected chi connectivity index (χ2v) is 4.04. The second kappa shape index (κ2) is 7.31. The van der Waals surface area contributed by atoms with E-state index in [9.17, 15) is 14.0 Å². The van der Waals surface area contributed by atoms with Gasteiger partial charge < -0.3 is 10.4 Å². The van der Waals surface area contributed by atoms with Crippen molar-refractivity contribution in [2.45, 2.75) is 26.2 Å². The Balaban J connectivity index is 2.50. The number of carboxylic acids is 1. The first-order valence-electron chi connectivity index (χ1n) is 5.99. The van der Waals surface area contributed by atoms with E-state index in [1.807, 2.05) is 0 Å². The number of aliphatic carboxylic acids is 1. The van der Waals surface area contributed by atoms with Crippen LogP contribution in [0.4, 0.5) is 4.39 Å². The summed E-state index contributed by atoms with van der Waals surface area (Å²) in [6.07, 6.45) is 1.99. The van der Waals surface area contributed by atoms with Crippen LogP contribution in [0.25, 0.3) is 0 Å². The molecule has 0 heterocycles. The zero-order valence-electron chi connectivity index (χ0n) is 10.6. The molecule has 0 aliphatic heterocycles. The summed E-state index contributed by atoms with van der Waals surface area (Å²) in [5, 5.41) is 11.1. The number of nitrogens with one attached hydrogen (secondary N) is 1. The molecular weight excluding hydrogens is 249 g/mol. The molecule has 2 N–H and O–H groups in total. The van der Waals surface area contributed by atoms with E-state index >= 15 is 0 Å². The number of halogens is 1. The highest BCUT2D eigenvalue weighted by atomic mass is 19.1. The highest BCUT2D eigenvalue weighted by Gasteiger charge is 2.06. The summed E-state index contributed by atoms with van der Waals surface area (Å²) in [6.45, 7) is 1.75. The molecule has 102 valence electrons. The number of carbonyl (C=O) groups is 2. The standard InChI is InChI=1S/C14H16FNO3/c1-2-12(9-14(18)19)16-13(17)7-6-10-4-3-5-11(15)8-10/h3-5,8-9H,2,6-7H2,1H3,(H,16,17)(H,18,19)/b12-9+. The van der Waals surface area contributed by atoms with Gasteiger partial charge in [-0.25, -0.2) is 9.18 Å². The Labute approximate surface area is 110 Å². The Morgan fingerprint density at radius 2 is 2.16 bits per heavy atom. The zero-order chi connectivity index (χ0) is 14.3. The lowest BCUT2D eigenvalue weighted by Gasteiger charge is -2.07. The molecule has 0 fully saturated rings. The van der Waals surface area contributed by atoms with Gasteiger partial charge >= 0.3 is 5.97 Å². The average molecular weight is 265 g/mol. The highest BCUT2D eigenvalue weighted by Crippen LogP contribution is 2.06. The van der Waals surface area contributed by atoms with Crippen molar-refractivity contribution in [3.05, 3.63) is 47.4 Å². The van der Waals surface area contributed by atoms with Gasteiger partial charge in [0, 0.05) is 18.2 Å². The maximum atomic E-state index is 12.9. The fourth-order valence-corrected chi connectivity index (χ4v) is 1.57. The largest absolute Gasteiger partial charge is 0.478 e. The predicted octanol–water partition coefficient (Wildman–Crippen LogP) is 2.25. The fourth-order valence-electron chi connectivity index (χ4n) is 1.57. The quantitative estimate of drug-likeness (QED) is 0.775. The Hall–Kier alpha value is -2.17. The molecule has 4 nitrogen and oxygen atoms in total. The molecular formula is C14H16FNO3. The van der Waals surface area contributed by atoms with E-state index in [0.717, 1.165) is 11.6 Å². The third-order valence-corrected chi connectivity index (χ3v) is 2.51. The number of allylic oxidation sites excluding steroid dienone is 1. The highest BCUT2D eigenvalue weighted by molar-refractivity contribution is 5.83. The molecule has 0 atom stereocenters. The molecule has 0 radical (unpaired) electrons. The van der Waals surface area contributed by atoms with E-state index in [0.29, 0.717) is 18.5 Å². The van der Waals surface area contributed by atoms with Crippen molar-refractivity contribution in [3.63, 3.8) is 0 Å². The lowest BCUT2D eigenvalue weighted by atomic mass is 10.1. The van der Waals surface area contributed by atoms with Gasteiger partial charge in [0.25, 0.3) is 0 Å². The molecule has 0 saturated heterocycles. The number of carbonyl (C=O) groups excluding carboxylic acids is 1. The number of carboxylic acid groups (broad SMARTS) is 1. The summed E-state index contributed by atoms with van der Waals surface area (Å²) in [5.74, 6) is -1.71. The fraction of sp³-hybridized carbons (Fsp3) is 0.286. The van der Waals surface area contributed by atoms with Crippen LogP contribution in [-0.4, -0.2) is 17.0 Å². The van der Waals surface area contributed by atoms with E-state index in [-0.39, 0.29) is 18.1 Å². The van der Waals surface area contributed by atoms with Crippen molar-refractivity contribution < 1.29 is 19.1 Å². The predicted molar refractivity (Wildman–Crippen MR) is 68.9 cm³/mol. The minimum atomic E-state index is -1.10. The molecule has 1 amide bonds. The molecule has 5 heteroatoms. The van der Waals surface area contributed by atoms with Gasteiger partial charge in [0.2, 0.25) is 5.91 Å². The van der Waals surface area contributed by atoms with E-state index < -0.39 is 5.97 Å². The molecule has 1 rings (SSSR count). The van der Waals surface area contributed by atoms with Gasteiger partial charge in [-0.2, -0.15) is 0 Å². The number of hydrogen-bond donors (Lipinski definition) is 2. The first kappa shape index (κ1) is 14.9. The Morgan fingerprint density at radius 3 is 2.74 bits per heavy atom. The van der Waals surface area contributed by atoms with E-state index in [4.69, 9.17) is 5.11 Å². The summed E-state index contributed by atoms with van der Waals surface area (Å²) in [6, 6.07) is 6.05. The second-order valence-electron chi connectivity index (χ2n) is 4.04. The van der Waals surface area contributed by atoms with Crippen LogP contribution in [0.15, 0.2) is 36.0 Å². The summed E-state index contributed by atoms with van der Waals surface area (Å²) >= 11 is 0. The zero-order valence-corrected chi connectivity index (χ0v) is 10.6. The number of amides is 1. The number of benzene rings is 1. The lowest BCUT2D eigenvalue weighted by molar-refractivity contribution is -0.131. The van der Waals surface area contributed by atoms with Crippen LogP contribution in [0.3, 0.4) is 0 Å². The summed E-state index contributed by atoms with van der Waals surface area (Å²) in [5.41, 5.74) is 1.09. The van der Waals surface area contributed by atoms with Crippen LogP contribution in [-0.2, 0) is 16.0 Å². The molecule has 0 bridgehead atoms. The molecule has 0 aliphatic carbocycles. The van der Waals surface area contributed by atoms with Gasteiger partial charge in [-0.05, 0) is 30.5 Å². The maximum absolute atomic E-state index is 12.9. The summed E-state index contributed by atoms with van der Waals surface area (Å²) in [7, 11) is 0. The van der Waals surface area contributed by atoms with Crippen LogP contribution in [0, 0.1) is 5.82 Å². The van der Waals surface area contributed by atoms with E-state index in [1.165, 1.54) is 12.1 Å². The summed E-state index contributed by atoms with van der Waals surface area (Å²) < 4.78 is 12.9. The van der Waals surface area contributed by atoms with Gasteiger partial charge in [-0.15, -0.1) is 0 Å². The third-order valence-electron chi connectivity index (χ3n) is 2.51. The molecule has 19 heavy (non-hydrogen) atoms. The van der Waals surface area contributed by atoms with Gasteiger partial charge in [0.05, 0.1) is 0 Å². The van der Waals surface area contributed by atoms with E-state index in [2.05, 4.69) is 5.32 Å². The molecule has 0 aromatic heterocycles. The molecule has 0 unspecified atom stereocenters. The third kappa shape index (κ3) is 5.81. The Bertz CT molecular complexity index is 497. The van der Waals surface area contributed by atoms with Crippen molar-refractivity contribution in [2.24, 2.45) is 0 Å². The summed E-state index contributed by atoms with van der Waals surface area (Å²) in [4.78, 5) is 22.1. The molecule has 1 aromatic rings. The monoisotopic (exact) mass is 265 g/mol. The molecule has 0 saturated carbocycles. The maximum Gasteiger partial charge on any atom is 0.330 e. The van der Waals surface area contributed by atoms with Crippen LogP contribution in [0.1, 0.15) is 25.3 Å².